The monoisotopic (exact) mass is 345 g/mol. The fourth-order valence-electron chi connectivity index (χ4n) is 3.20. The summed E-state index contributed by atoms with van der Waals surface area (Å²) < 4.78 is 1.84. The van der Waals surface area contributed by atoms with Crippen molar-refractivity contribution in [3.05, 3.63) is 23.7 Å². The first-order valence-corrected chi connectivity index (χ1v) is 8.89. The Morgan fingerprint density at radius 2 is 2.12 bits per heavy atom. The Labute approximate surface area is 148 Å². The van der Waals surface area contributed by atoms with E-state index in [0.717, 1.165) is 56.4 Å². The summed E-state index contributed by atoms with van der Waals surface area (Å²) in [5.41, 5.74) is 1.69. The normalized spacial score (nSPS) is 17.8. The van der Waals surface area contributed by atoms with Gasteiger partial charge >= 0.3 is 0 Å². The largest absolute Gasteiger partial charge is 0.390 e. The highest BCUT2D eigenvalue weighted by molar-refractivity contribution is 5.46. The van der Waals surface area contributed by atoms with Crippen molar-refractivity contribution in [3.8, 4) is 0 Å². The second kappa shape index (κ2) is 7.77. The topological polar surface area (TPSA) is 83.2 Å². The van der Waals surface area contributed by atoms with E-state index in [1.165, 1.54) is 0 Å². The van der Waals surface area contributed by atoms with Gasteiger partial charge in [0.1, 0.15) is 11.5 Å². The Hall–Kier alpha value is -2.22. The number of anilines is 2. The van der Waals surface area contributed by atoms with Crippen LogP contribution in [0.1, 0.15) is 31.2 Å². The van der Waals surface area contributed by atoms with Crippen LogP contribution in [0.2, 0.25) is 0 Å². The van der Waals surface area contributed by atoms with Gasteiger partial charge in [0.05, 0.1) is 12.8 Å². The zero-order chi connectivity index (χ0) is 17.8. The van der Waals surface area contributed by atoms with Crippen LogP contribution in [0.25, 0.3) is 0 Å². The number of rotatable bonds is 6. The first-order valence-electron chi connectivity index (χ1n) is 8.89. The average molecular weight is 345 g/mol. The van der Waals surface area contributed by atoms with Crippen molar-refractivity contribution < 1.29 is 5.11 Å². The standard InChI is InChI=1S/C17H27N7O/c1-4-14-8-16(19-17(18-14)22(2)3)23-7-5-6-13(9-23)10-24-11-15(12-25)20-21-24/h8,11,13,25H,4-7,9-10,12H2,1-3H3/t13-/m0/s1. The summed E-state index contributed by atoms with van der Waals surface area (Å²) in [6.45, 7) is 4.83. The number of aliphatic hydroxyl groups excluding tert-OH is 1. The molecule has 1 saturated heterocycles. The second-order valence-electron chi connectivity index (χ2n) is 6.81. The Bertz CT molecular complexity index is 700. The minimum absolute atomic E-state index is 0.0646. The Morgan fingerprint density at radius 1 is 1.28 bits per heavy atom. The van der Waals surface area contributed by atoms with E-state index in [9.17, 15) is 0 Å². The first-order chi connectivity index (χ1) is 12.1. The molecule has 1 atom stereocenters. The molecule has 2 aromatic rings. The molecule has 3 heterocycles. The molecule has 0 bridgehead atoms. The smallest absolute Gasteiger partial charge is 0.227 e. The predicted molar refractivity (Wildman–Crippen MR) is 96.6 cm³/mol. The molecule has 8 heteroatoms. The lowest BCUT2D eigenvalue weighted by molar-refractivity contribution is 0.276. The van der Waals surface area contributed by atoms with E-state index in [1.54, 1.807) is 0 Å². The van der Waals surface area contributed by atoms with E-state index in [-0.39, 0.29) is 6.61 Å². The molecule has 1 aliphatic rings. The van der Waals surface area contributed by atoms with Crippen LogP contribution in [0.5, 0.6) is 0 Å². The minimum Gasteiger partial charge on any atom is -0.390 e. The molecule has 2 aromatic heterocycles. The lowest BCUT2D eigenvalue weighted by atomic mass is 9.98. The quantitative estimate of drug-likeness (QED) is 0.839. The van der Waals surface area contributed by atoms with Crippen molar-refractivity contribution in [2.75, 3.05) is 37.0 Å². The first kappa shape index (κ1) is 17.6. The van der Waals surface area contributed by atoms with Gasteiger partial charge in [-0.05, 0) is 25.2 Å². The van der Waals surface area contributed by atoms with Crippen LogP contribution in [0.4, 0.5) is 11.8 Å². The van der Waals surface area contributed by atoms with Crippen molar-refractivity contribution in [1.29, 1.82) is 0 Å². The Morgan fingerprint density at radius 3 is 2.80 bits per heavy atom. The fraction of sp³-hybridized carbons (Fsp3) is 0.647. The fourth-order valence-corrected chi connectivity index (χ4v) is 3.20. The highest BCUT2D eigenvalue weighted by atomic mass is 16.3. The molecule has 136 valence electrons. The van der Waals surface area contributed by atoms with Gasteiger partial charge in [-0.3, -0.25) is 4.68 Å². The molecule has 8 nitrogen and oxygen atoms in total. The van der Waals surface area contributed by atoms with Crippen LogP contribution in [0.15, 0.2) is 12.3 Å². The third-order valence-corrected chi connectivity index (χ3v) is 4.55. The van der Waals surface area contributed by atoms with Crippen LogP contribution < -0.4 is 9.80 Å². The van der Waals surface area contributed by atoms with E-state index in [0.29, 0.717) is 11.6 Å². The number of hydrogen-bond donors (Lipinski definition) is 1. The number of nitrogens with zero attached hydrogens (tertiary/aromatic N) is 7. The third-order valence-electron chi connectivity index (χ3n) is 4.55. The lowest BCUT2D eigenvalue weighted by Gasteiger charge is -2.34. The summed E-state index contributed by atoms with van der Waals surface area (Å²) in [6, 6.07) is 2.11. The number of aryl methyl sites for hydroxylation is 1. The van der Waals surface area contributed by atoms with Gasteiger partial charge in [0.2, 0.25) is 5.95 Å². The lowest BCUT2D eigenvalue weighted by Crippen LogP contribution is -2.38. The Kier molecular flexibility index (Phi) is 5.47. The van der Waals surface area contributed by atoms with Gasteiger partial charge in [0, 0.05) is 45.5 Å². The molecule has 0 aliphatic carbocycles. The van der Waals surface area contributed by atoms with E-state index in [1.807, 2.05) is 29.9 Å². The number of aromatic nitrogens is 5. The van der Waals surface area contributed by atoms with Gasteiger partial charge < -0.3 is 14.9 Å². The van der Waals surface area contributed by atoms with E-state index in [2.05, 4.69) is 33.2 Å². The molecule has 0 amide bonds. The van der Waals surface area contributed by atoms with Crippen LogP contribution in [0, 0.1) is 5.92 Å². The molecule has 0 radical (unpaired) electrons. The second-order valence-corrected chi connectivity index (χ2v) is 6.81. The summed E-state index contributed by atoms with van der Waals surface area (Å²) in [6.07, 6.45) is 5.02. The van der Waals surface area contributed by atoms with Gasteiger partial charge in [-0.15, -0.1) is 5.10 Å². The Balaban J connectivity index is 1.73. The molecular formula is C17H27N7O. The van der Waals surface area contributed by atoms with Crippen LogP contribution in [-0.2, 0) is 19.6 Å². The van der Waals surface area contributed by atoms with Gasteiger partial charge in [-0.25, -0.2) is 4.98 Å². The molecule has 0 saturated carbocycles. The van der Waals surface area contributed by atoms with Crippen molar-refractivity contribution in [2.24, 2.45) is 5.92 Å². The number of hydrogen-bond acceptors (Lipinski definition) is 7. The number of piperidine rings is 1. The molecule has 0 spiro atoms. The van der Waals surface area contributed by atoms with E-state index in [4.69, 9.17) is 10.1 Å². The summed E-state index contributed by atoms with van der Waals surface area (Å²) in [5.74, 6) is 2.26. The maximum Gasteiger partial charge on any atom is 0.227 e. The number of aliphatic hydroxyl groups is 1. The van der Waals surface area contributed by atoms with Gasteiger partial charge in [-0.1, -0.05) is 12.1 Å². The van der Waals surface area contributed by atoms with Gasteiger partial charge in [0.25, 0.3) is 0 Å². The minimum atomic E-state index is -0.0646. The van der Waals surface area contributed by atoms with E-state index >= 15 is 0 Å². The average Bonchev–Trinajstić information content (AvgIpc) is 3.09. The van der Waals surface area contributed by atoms with Gasteiger partial charge in [0.15, 0.2) is 0 Å². The molecule has 1 aliphatic heterocycles. The van der Waals surface area contributed by atoms with Crippen LogP contribution >= 0.6 is 0 Å². The van der Waals surface area contributed by atoms with Gasteiger partial charge in [-0.2, -0.15) is 4.98 Å². The molecule has 0 aromatic carbocycles. The summed E-state index contributed by atoms with van der Waals surface area (Å²) in [7, 11) is 3.95. The van der Waals surface area contributed by atoms with Crippen molar-refractivity contribution in [3.63, 3.8) is 0 Å². The predicted octanol–water partition coefficient (Wildman–Crippen LogP) is 1.11. The molecule has 1 N–H and O–H groups in total. The van der Waals surface area contributed by atoms with Crippen molar-refractivity contribution >= 4 is 11.8 Å². The maximum atomic E-state index is 9.13. The van der Waals surface area contributed by atoms with Crippen LogP contribution in [-0.4, -0.2) is 57.3 Å². The van der Waals surface area contributed by atoms with Crippen molar-refractivity contribution in [2.45, 2.75) is 39.3 Å². The zero-order valence-electron chi connectivity index (χ0n) is 15.3. The third kappa shape index (κ3) is 4.25. The molecule has 0 unspecified atom stereocenters. The molecular weight excluding hydrogens is 318 g/mol. The zero-order valence-corrected chi connectivity index (χ0v) is 15.3. The van der Waals surface area contributed by atoms with Crippen LogP contribution in [0.3, 0.4) is 0 Å². The summed E-state index contributed by atoms with van der Waals surface area (Å²) in [4.78, 5) is 13.6. The molecule has 3 rings (SSSR count). The SMILES string of the molecule is CCc1cc(N2CCC[C@H](Cn3cc(CO)nn3)C2)nc(N(C)C)n1. The molecule has 1 fully saturated rings. The maximum absolute atomic E-state index is 9.13. The highest BCUT2D eigenvalue weighted by Gasteiger charge is 2.23. The highest BCUT2D eigenvalue weighted by Crippen LogP contribution is 2.24. The van der Waals surface area contributed by atoms with E-state index < -0.39 is 0 Å². The van der Waals surface area contributed by atoms with Crippen molar-refractivity contribution in [1.82, 2.24) is 25.0 Å². The summed E-state index contributed by atoms with van der Waals surface area (Å²) >= 11 is 0. The summed E-state index contributed by atoms with van der Waals surface area (Å²) in [5, 5.41) is 17.2. The molecule has 25 heavy (non-hydrogen) atoms.